The summed E-state index contributed by atoms with van der Waals surface area (Å²) < 4.78 is 11.7. The van der Waals surface area contributed by atoms with Gasteiger partial charge in [0.05, 0.1) is 18.2 Å². The third-order valence-corrected chi connectivity index (χ3v) is 6.01. The Bertz CT molecular complexity index is 929. The summed E-state index contributed by atoms with van der Waals surface area (Å²) in [6.45, 7) is 12.6. The molecule has 0 aromatic heterocycles. The zero-order chi connectivity index (χ0) is 31.0. The first-order valence-corrected chi connectivity index (χ1v) is 15.0. The van der Waals surface area contributed by atoms with Crippen molar-refractivity contribution in [2.75, 3.05) is 20.2 Å². The Hall–Kier alpha value is -0.596. The molecule has 0 bridgehead atoms. The van der Waals surface area contributed by atoms with Crippen molar-refractivity contribution in [3.63, 3.8) is 0 Å². The molecule has 1 aliphatic heterocycles. The molecular weight excluding hydrogens is 664 g/mol. The van der Waals surface area contributed by atoms with Crippen molar-refractivity contribution >= 4 is 12.2 Å². The Morgan fingerprint density at radius 3 is 2.07 bits per heavy atom. The van der Waals surface area contributed by atoms with E-state index in [1.165, 1.54) is 13.3 Å². The second-order valence-electron chi connectivity index (χ2n) is 9.37. The second kappa shape index (κ2) is 34.7. The first-order chi connectivity index (χ1) is 19.9. The molecule has 1 saturated heterocycles. The summed E-state index contributed by atoms with van der Waals surface area (Å²) in [5.74, 6) is -0.197. The minimum Gasteiger partial charge on any atom is -0.870 e. The van der Waals surface area contributed by atoms with Crippen LogP contribution in [0, 0.1) is 0 Å². The number of nitrogens with one attached hydrogen (secondary N) is 2. The SMILES string of the molecule is CC.CC=O.CCC.CCCCOC1CC(O)[C@@H](NC)C(C(O)CCNC(=O)c2ccc(-c3ccccc3)cc2)O1.O.[Na+].[OH-].[Y]. The number of amides is 1. The maximum absolute atomic E-state index is 12.5. The van der Waals surface area contributed by atoms with Crippen molar-refractivity contribution < 1.29 is 102 Å². The average Bonchev–Trinajstić information content (AvgIpc) is 2.99. The number of carbonyl (C=O) groups excluding carboxylic acids is 2. The van der Waals surface area contributed by atoms with E-state index >= 15 is 0 Å². The van der Waals surface area contributed by atoms with Crippen molar-refractivity contribution in [3.05, 3.63) is 60.2 Å². The van der Waals surface area contributed by atoms with Gasteiger partial charge in [-0.15, -0.1) is 0 Å². The third kappa shape index (κ3) is 21.8. The Morgan fingerprint density at radius 2 is 1.58 bits per heavy atom. The molecule has 10 nitrogen and oxygen atoms in total. The fourth-order valence-corrected chi connectivity index (χ4v) is 4.08. The van der Waals surface area contributed by atoms with Gasteiger partial charge in [-0.05, 0) is 50.1 Å². The number of carbonyl (C=O) groups is 2. The van der Waals surface area contributed by atoms with Gasteiger partial charge in [0, 0.05) is 57.8 Å². The molecule has 2 aromatic rings. The van der Waals surface area contributed by atoms with Gasteiger partial charge in [-0.1, -0.05) is 89.9 Å². The molecule has 3 rings (SSSR count). The van der Waals surface area contributed by atoms with Crippen molar-refractivity contribution in [2.24, 2.45) is 0 Å². The molecule has 1 fully saturated rings. The fraction of sp³-hybridized carbons (Fsp3) is 0.576. The smallest absolute Gasteiger partial charge is 0.870 e. The zero-order valence-electron chi connectivity index (χ0n) is 28.7. The Kier molecular flexibility index (Phi) is 41.6. The molecule has 251 valence electrons. The van der Waals surface area contributed by atoms with Crippen LogP contribution in [0.5, 0.6) is 0 Å². The quantitative estimate of drug-likeness (QED) is 0.153. The molecule has 0 saturated carbocycles. The molecule has 4 unspecified atom stereocenters. The van der Waals surface area contributed by atoms with E-state index in [0.717, 1.165) is 30.3 Å². The molecule has 45 heavy (non-hydrogen) atoms. The van der Waals surface area contributed by atoms with Gasteiger partial charge >= 0.3 is 29.6 Å². The van der Waals surface area contributed by atoms with Crippen LogP contribution in [0.2, 0.25) is 0 Å². The van der Waals surface area contributed by atoms with Crippen LogP contribution in [-0.2, 0) is 47.0 Å². The molecule has 0 spiro atoms. The Balaban J connectivity index is -0.000000405. The first-order valence-electron chi connectivity index (χ1n) is 15.0. The van der Waals surface area contributed by atoms with Gasteiger partial charge in [-0.2, -0.15) is 0 Å². The number of benzene rings is 2. The van der Waals surface area contributed by atoms with E-state index in [2.05, 4.69) is 31.4 Å². The van der Waals surface area contributed by atoms with Gasteiger partial charge in [0.2, 0.25) is 0 Å². The molecule has 1 amide bonds. The van der Waals surface area contributed by atoms with E-state index in [0.29, 0.717) is 25.0 Å². The van der Waals surface area contributed by atoms with Crippen molar-refractivity contribution in [1.29, 1.82) is 0 Å². The largest absolute Gasteiger partial charge is 1.00 e. The van der Waals surface area contributed by atoms with Crippen LogP contribution in [0.4, 0.5) is 0 Å². The molecular formula is C33H57N2NaO8Y. The van der Waals surface area contributed by atoms with Gasteiger partial charge < -0.3 is 46.1 Å². The van der Waals surface area contributed by atoms with E-state index in [4.69, 9.17) is 14.3 Å². The topological polar surface area (TPSA) is 179 Å². The summed E-state index contributed by atoms with van der Waals surface area (Å²) in [6, 6.07) is 17.0. The minimum atomic E-state index is -0.865. The van der Waals surface area contributed by atoms with E-state index < -0.39 is 30.6 Å². The molecule has 12 heteroatoms. The van der Waals surface area contributed by atoms with E-state index in [1.54, 1.807) is 19.2 Å². The summed E-state index contributed by atoms with van der Waals surface area (Å²) in [4.78, 5) is 21.3. The number of aliphatic hydroxyl groups excluding tert-OH is 2. The predicted octanol–water partition coefficient (Wildman–Crippen LogP) is 1.36. The average molecular weight is 722 g/mol. The summed E-state index contributed by atoms with van der Waals surface area (Å²) in [7, 11) is 1.73. The van der Waals surface area contributed by atoms with Crippen molar-refractivity contribution in [1.82, 2.24) is 10.6 Å². The zero-order valence-corrected chi connectivity index (χ0v) is 33.5. The van der Waals surface area contributed by atoms with Crippen LogP contribution >= 0.6 is 0 Å². The number of rotatable bonds is 11. The molecule has 1 aliphatic rings. The maximum Gasteiger partial charge on any atom is 1.00 e. The second-order valence-corrected chi connectivity index (χ2v) is 9.37. The Morgan fingerprint density at radius 1 is 1.07 bits per heavy atom. The van der Waals surface area contributed by atoms with Crippen LogP contribution in [0.25, 0.3) is 11.1 Å². The number of unbranched alkanes of at least 4 members (excludes halogenated alkanes) is 1. The van der Waals surface area contributed by atoms with Crippen LogP contribution < -0.4 is 40.2 Å². The van der Waals surface area contributed by atoms with Crippen molar-refractivity contribution in [3.8, 4) is 11.1 Å². The summed E-state index contributed by atoms with van der Waals surface area (Å²) >= 11 is 0. The summed E-state index contributed by atoms with van der Waals surface area (Å²) in [5.41, 5.74) is 2.70. The number of ether oxygens (including phenoxy) is 2. The van der Waals surface area contributed by atoms with Gasteiger partial charge in [0.1, 0.15) is 12.4 Å². The molecule has 1 heterocycles. The normalized spacial score (nSPS) is 18.2. The minimum absolute atomic E-state index is 0. The van der Waals surface area contributed by atoms with Crippen LogP contribution in [0.15, 0.2) is 54.6 Å². The maximum atomic E-state index is 12.5. The molecule has 2 aromatic carbocycles. The van der Waals surface area contributed by atoms with Crippen LogP contribution in [0.3, 0.4) is 0 Å². The first kappa shape index (κ1) is 53.9. The molecule has 7 N–H and O–H groups in total. The number of hydrogen-bond donors (Lipinski definition) is 4. The number of aliphatic hydroxyl groups is 2. The third-order valence-electron chi connectivity index (χ3n) is 6.01. The number of hydrogen-bond acceptors (Lipinski definition) is 8. The van der Waals surface area contributed by atoms with E-state index in [9.17, 15) is 15.0 Å². The van der Waals surface area contributed by atoms with Crippen LogP contribution in [-0.4, -0.2) is 84.2 Å². The van der Waals surface area contributed by atoms with Crippen LogP contribution in [0.1, 0.15) is 84.0 Å². The molecule has 5 atom stereocenters. The van der Waals surface area contributed by atoms with Gasteiger partial charge in [0.25, 0.3) is 5.91 Å². The predicted molar refractivity (Wildman–Crippen MR) is 172 cm³/mol. The molecule has 1 radical (unpaired) electrons. The monoisotopic (exact) mass is 721 g/mol. The number of aldehydes is 1. The van der Waals surface area contributed by atoms with Crippen molar-refractivity contribution in [2.45, 2.75) is 104 Å². The summed E-state index contributed by atoms with van der Waals surface area (Å²) in [5, 5.41) is 27.1. The van der Waals surface area contributed by atoms with Gasteiger partial charge in [0.15, 0.2) is 6.29 Å². The van der Waals surface area contributed by atoms with Gasteiger partial charge in [-0.25, -0.2) is 0 Å². The fourth-order valence-electron chi connectivity index (χ4n) is 4.08. The number of likely N-dealkylation sites (N-methyl/N-ethyl adjacent to an activating group) is 1. The standard InChI is InChI=1S/C26H36N2O5.C3H8.C2H4O.C2H6.Na.2H2O.Y/c1-3-4-16-32-23-17-22(30)24(27-2)25(33-23)21(29)14-15-28-26(31)20-12-10-19(11-13-20)18-8-6-5-7-9-18;1-3-2;1-2-3;1-2;;;;/h5-13,21-25,27,29-30H,3-4,14-17H2,1-2H3,(H,28,31);3H2,1-2H3;2H,1H3;1-2H3;;2*1H2;/q;;;;+1;;;/p-1/t21?,22?,23?,24-,25?;;;;;;;/m1......./s1. The van der Waals surface area contributed by atoms with E-state index in [1.807, 2.05) is 56.3 Å². The molecule has 0 aliphatic carbocycles. The van der Waals surface area contributed by atoms with E-state index in [-0.39, 0.29) is 85.7 Å². The summed E-state index contributed by atoms with van der Waals surface area (Å²) in [6.07, 6.45) is 1.84. The van der Waals surface area contributed by atoms with Gasteiger partial charge in [-0.3, -0.25) is 4.79 Å². The Labute approximate surface area is 318 Å².